The molecule has 0 aromatic carbocycles. The average molecular weight is 277 g/mol. The van der Waals surface area contributed by atoms with Crippen LogP contribution in [0.25, 0.3) is 0 Å². The minimum Gasteiger partial charge on any atom is -0.477 e. The molecule has 1 saturated carbocycles. The van der Waals surface area contributed by atoms with Crippen LogP contribution in [0.1, 0.15) is 12.8 Å². The molecule has 1 N–H and O–H groups in total. The molecular formula is C14H19N3O3. The molecule has 0 radical (unpaired) electrons. The number of nitrogens with zero attached hydrogens (tertiary/aromatic N) is 3. The first-order chi connectivity index (χ1) is 9.72. The van der Waals surface area contributed by atoms with Gasteiger partial charge < -0.3 is 19.6 Å². The van der Waals surface area contributed by atoms with Crippen LogP contribution < -0.4 is 9.64 Å². The van der Waals surface area contributed by atoms with Crippen LogP contribution in [0.15, 0.2) is 18.2 Å². The number of carbonyl (C=O) groups is 1. The van der Waals surface area contributed by atoms with Crippen molar-refractivity contribution in [3.8, 4) is 5.88 Å². The molecule has 1 amide bonds. The first-order valence-corrected chi connectivity index (χ1v) is 7.05. The Hall–Kier alpha value is -1.98. The van der Waals surface area contributed by atoms with Crippen molar-refractivity contribution in [3.63, 3.8) is 0 Å². The Bertz CT molecular complexity index is 482. The van der Waals surface area contributed by atoms with Gasteiger partial charge in [0.05, 0.1) is 6.61 Å². The molecule has 0 spiro atoms. The molecule has 20 heavy (non-hydrogen) atoms. The lowest BCUT2D eigenvalue weighted by Gasteiger charge is -2.33. The maximum atomic E-state index is 10.9. The summed E-state index contributed by atoms with van der Waals surface area (Å²) < 4.78 is 5.68. The van der Waals surface area contributed by atoms with Gasteiger partial charge in [-0.15, -0.1) is 0 Å². The van der Waals surface area contributed by atoms with Crippen molar-refractivity contribution in [1.82, 2.24) is 9.88 Å². The van der Waals surface area contributed by atoms with Gasteiger partial charge in [0.25, 0.3) is 0 Å². The van der Waals surface area contributed by atoms with Crippen molar-refractivity contribution in [2.45, 2.75) is 12.8 Å². The maximum Gasteiger partial charge on any atom is 0.407 e. The van der Waals surface area contributed by atoms with Gasteiger partial charge in [0.1, 0.15) is 5.82 Å². The number of carboxylic acid groups (broad SMARTS) is 1. The average Bonchev–Trinajstić information content (AvgIpc) is 3.30. The smallest absolute Gasteiger partial charge is 0.407 e. The Kier molecular flexibility index (Phi) is 3.62. The summed E-state index contributed by atoms with van der Waals surface area (Å²) in [6.45, 7) is 3.13. The van der Waals surface area contributed by atoms with Gasteiger partial charge in [-0.25, -0.2) is 4.79 Å². The van der Waals surface area contributed by atoms with Crippen molar-refractivity contribution in [1.29, 1.82) is 0 Å². The minimum atomic E-state index is -0.848. The maximum absolute atomic E-state index is 10.9. The quantitative estimate of drug-likeness (QED) is 0.907. The Morgan fingerprint density at radius 2 is 2.05 bits per heavy atom. The van der Waals surface area contributed by atoms with Crippen LogP contribution >= 0.6 is 0 Å². The molecule has 6 nitrogen and oxygen atoms in total. The van der Waals surface area contributed by atoms with E-state index in [0.29, 0.717) is 38.0 Å². The first kappa shape index (κ1) is 13.0. The lowest BCUT2D eigenvalue weighted by atomic mass is 10.3. The molecule has 2 aliphatic rings. The highest BCUT2D eigenvalue weighted by Gasteiger charge is 2.23. The van der Waals surface area contributed by atoms with Crippen LogP contribution in [-0.2, 0) is 0 Å². The van der Waals surface area contributed by atoms with E-state index in [2.05, 4.69) is 9.88 Å². The standard InChI is InChI=1S/C14H19N3O3/c18-14(19)17-8-6-16(7-9-17)12-2-1-3-13(15-12)20-10-11-4-5-11/h1-3,11H,4-10H2,(H,18,19). The number of piperazine rings is 1. The van der Waals surface area contributed by atoms with Gasteiger partial charge in [-0.1, -0.05) is 6.07 Å². The van der Waals surface area contributed by atoms with Crippen LogP contribution in [0.2, 0.25) is 0 Å². The summed E-state index contributed by atoms with van der Waals surface area (Å²) in [4.78, 5) is 18.9. The highest BCUT2D eigenvalue weighted by molar-refractivity contribution is 5.65. The Morgan fingerprint density at radius 1 is 1.30 bits per heavy atom. The van der Waals surface area contributed by atoms with Gasteiger partial charge in [0, 0.05) is 32.2 Å². The summed E-state index contributed by atoms with van der Waals surface area (Å²) in [6, 6.07) is 5.76. The lowest BCUT2D eigenvalue weighted by Crippen LogP contribution is -2.48. The van der Waals surface area contributed by atoms with Gasteiger partial charge in [0.15, 0.2) is 0 Å². The number of pyridine rings is 1. The number of hydrogen-bond donors (Lipinski definition) is 1. The van der Waals surface area contributed by atoms with Crippen molar-refractivity contribution >= 4 is 11.9 Å². The van der Waals surface area contributed by atoms with E-state index in [0.717, 1.165) is 12.4 Å². The topological polar surface area (TPSA) is 65.9 Å². The monoisotopic (exact) mass is 277 g/mol. The molecule has 6 heteroatoms. The van der Waals surface area contributed by atoms with Gasteiger partial charge in [-0.2, -0.15) is 4.98 Å². The van der Waals surface area contributed by atoms with Crippen LogP contribution in [-0.4, -0.2) is 53.9 Å². The first-order valence-electron chi connectivity index (χ1n) is 7.05. The second-order valence-corrected chi connectivity index (χ2v) is 5.35. The molecule has 2 fully saturated rings. The normalized spacial score (nSPS) is 19.0. The third-order valence-corrected chi connectivity index (χ3v) is 3.75. The van der Waals surface area contributed by atoms with Crippen molar-refractivity contribution in [3.05, 3.63) is 18.2 Å². The van der Waals surface area contributed by atoms with E-state index in [1.165, 1.54) is 17.7 Å². The summed E-state index contributed by atoms with van der Waals surface area (Å²) >= 11 is 0. The van der Waals surface area contributed by atoms with E-state index in [-0.39, 0.29) is 0 Å². The fourth-order valence-electron chi connectivity index (χ4n) is 2.28. The number of hydrogen-bond acceptors (Lipinski definition) is 4. The molecule has 1 aromatic rings. The number of ether oxygens (including phenoxy) is 1. The number of anilines is 1. The summed E-state index contributed by atoms with van der Waals surface area (Å²) in [5, 5.41) is 8.94. The predicted octanol–water partition coefficient (Wildman–Crippen LogP) is 1.67. The third-order valence-electron chi connectivity index (χ3n) is 3.75. The molecule has 3 rings (SSSR count). The fourth-order valence-corrected chi connectivity index (χ4v) is 2.28. The summed E-state index contributed by atoms with van der Waals surface area (Å²) in [5.41, 5.74) is 0. The molecule has 1 aliphatic carbocycles. The zero-order valence-electron chi connectivity index (χ0n) is 11.4. The second kappa shape index (κ2) is 5.56. The minimum absolute atomic E-state index is 0.518. The summed E-state index contributed by atoms with van der Waals surface area (Å²) in [7, 11) is 0. The zero-order chi connectivity index (χ0) is 13.9. The van der Waals surface area contributed by atoms with E-state index >= 15 is 0 Å². The molecule has 0 atom stereocenters. The molecule has 1 aliphatic heterocycles. The Balaban J connectivity index is 1.59. The molecule has 2 heterocycles. The van der Waals surface area contributed by atoms with Crippen molar-refractivity contribution in [2.75, 3.05) is 37.7 Å². The summed E-state index contributed by atoms with van der Waals surface area (Å²) in [5.74, 6) is 2.23. The van der Waals surface area contributed by atoms with E-state index in [9.17, 15) is 4.79 Å². The van der Waals surface area contributed by atoms with Gasteiger partial charge in [-0.05, 0) is 24.8 Å². The molecule has 108 valence electrons. The molecule has 1 aromatic heterocycles. The Labute approximate surface area is 118 Å². The number of rotatable bonds is 4. The summed E-state index contributed by atoms with van der Waals surface area (Å²) in [6.07, 6.45) is 1.67. The van der Waals surface area contributed by atoms with Gasteiger partial charge >= 0.3 is 6.09 Å². The number of aromatic nitrogens is 1. The highest BCUT2D eigenvalue weighted by atomic mass is 16.5. The van der Waals surface area contributed by atoms with E-state index < -0.39 is 6.09 Å². The van der Waals surface area contributed by atoms with Crippen LogP contribution in [0.4, 0.5) is 10.6 Å². The van der Waals surface area contributed by atoms with Gasteiger partial charge in [-0.3, -0.25) is 0 Å². The highest BCUT2D eigenvalue weighted by Crippen LogP contribution is 2.29. The molecule has 0 bridgehead atoms. The Morgan fingerprint density at radius 3 is 2.70 bits per heavy atom. The number of amides is 1. The largest absolute Gasteiger partial charge is 0.477 e. The van der Waals surface area contributed by atoms with Crippen LogP contribution in [0.3, 0.4) is 0 Å². The van der Waals surface area contributed by atoms with Crippen LogP contribution in [0.5, 0.6) is 5.88 Å². The molecule has 0 unspecified atom stereocenters. The molecular weight excluding hydrogens is 258 g/mol. The van der Waals surface area contributed by atoms with Crippen LogP contribution in [0, 0.1) is 5.92 Å². The molecule has 1 saturated heterocycles. The SMILES string of the molecule is O=C(O)N1CCN(c2cccc(OCC3CC3)n2)CC1. The van der Waals surface area contributed by atoms with Gasteiger partial charge in [0.2, 0.25) is 5.88 Å². The van der Waals surface area contributed by atoms with E-state index in [1.807, 2.05) is 18.2 Å². The predicted molar refractivity (Wildman–Crippen MR) is 74.3 cm³/mol. The van der Waals surface area contributed by atoms with Crippen molar-refractivity contribution < 1.29 is 14.6 Å². The zero-order valence-corrected chi connectivity index (χ0v) is 11.4. The lowest BCUT2D eigenvalue weighted by molar-refractivity contribution is 0.142. The van der Waals surface area contributed by atoms with Crippen molar-refractivity contribution in [2.24, 2.45) is 5.92 Å². The fraction of sp³-hybridized carbons (Fsp3) is 0.571. The second-order valence-electron chi connectivity index (χ2n) is 5.35. The third kappa shape index (κ3) is 3.12. The van der Waals surface area contributed by atoms with E-state index in [1.54, 1.807) is 0 Å². The van der Waals surface area contributed by atoms with E-state index in [4.69, 9.17) is 9.84 Å².